The topological polar surface area (TPSA) is 47.3 Å². The van der Waals surface area contributed by atoms with Crippen molar-refractivity contribution < 1.29 is 5.11 Å². The molecule has 0 aromatic carbocycles. The number of aliphatic hydroxyl groups is 1. The highest BCUT2D eigenvalue weighted by Gasteiger charge is 2.22. The van der Waals surface area contributed by atoms with Crippen LogP contribution in [0.15, 0.2) is 0 Å². The van der Waals surface area contributed by atoms with Crippen molar-refractivity contribution in [3.05, 3.63) is 0 Å². The standard InChI is InChI=1S/C15H28N2O/c1-17(13-12-16)15(18)14-10-8-6-4-2-3-5-7-9-11-14/h14-15,18H,2-11,13H2,1H3. The summed E-state index contributed by atoms with van der Waals surface area (Å²) in [5.74, 6) is 0.349. The molecule has 0 aromatic rings. The van der Waals surface area contributed by atoms with Gasteiger partial charge in [0.2, 0.25) is 0 Å². The van der Waals surface area contributed by atoms with Crippen LogP contribution >= 0.6 is 0 Å². The van der Waals surface area contributed by atoms with E-state index in [1.54, 1.807) is 4.90 Å². The van der Waals surface area contributed by atoms with Gasteiger partial charge in [0, 0.05) is 0 Å². The minimum atomic E-state index is -0.439. The molecule has 3 heteroatoms. The molecule has 0 aromatic heterocycles. The van der Waals surface area contributed by atoms with Gasteiger partial charge in [0.15, 0.2) is 0 Å². The summed E-state index contributed by atoms with van der Waals surface area (Å²) in [7, 11) is 1.85. The van der Waals surface area contributed by atoms with Gasteiger partial charge in [-0.25, -0.2) is 0 Å². The van der Waals surface area contributed by atoms with Crippen LogP contribution in [0.1, 0.15) is 64.2 Å². The Bertz CT molecular complexity index is 237. The van der Waals surface area contributed by atoms with E-state index in [1.165, 1.54) is 51.4 Å². The fraction of sp³-hybridized carbons (Fsp3) is 0.933. The first kappa shape index (κ1) is 15.5. The van der Waals surface area contributed by atoms with Gasteiger partial charge >= 0.3 is 0 Å². The number of nitrogens with zero attached hydrogens (tertiary/aromatic N) is 2. The molecule has 1 unspecified atom stereocenters. The summed E-state index contributed by atoms with van der Waals surface area (Å²) in [6, 6.07) is 2.11. The van der Waals surface area contributed by atoms with Crippen LogP contribution in [0.4, 0.5) is 0 Å². The molecule has 104 valence electrons. The molecule has 0 amide bonds. The molecule has 1 aliphatic carbocycles. The smallest absolute Gasteiger partial charge is 0.110 e. The Balaban J connectivity index is 2.44. The monoisotopic (exact) mass is 252 g/mol. The fourth-order valence-corrected chi connectivity index (χ4v) is 2.88. The summed E-state index contributed by atoms with van der Waals surface area (Å²) in [5.41, 5.74) is 0. The summed E-state index contributed by atoms with van der Waals surface area (Å²) in [6.45, 7) is 0.317. The molecule has 0 radical (unpaired) electrons. The molecule has 0 aliphatic heterocycles. The first-order valence-corrected chi connectivity index (χ1v) is 7.51. The van der Waals surface area contributed by atoms with Crippen LogP contribution in [0.2, 0.25) is 0 Å². The van der Waals surface area contributed by atoms with Crippen molar-refractivity contribution in [2.75, 3.05) is 13.6 Å². The highest BCUT2D eigenvalue weighted by atomic mass is 16.3. The Morgan fingerprint density at radius 1 is 1.06 bits per heavy atom. The van der Waals surface area contributed by atoms with Gasteiger partial charge in [0.05, 0.1) is 12.6 Å². The third kappa shape index (κ3) is 5.84. The third-order valence-electron chi connectivity index (χ3n) is 4.09. The quantitative estimate of drug-likeness (QED) is 0.619. The minimum absolute atomic E-state index is 0.317. The van der Waals surface area contributed by atoms with E-state index in [0.29, 0.717) is 12.5 Å². The van der Waals surface area contributed by atoms with Gasteiger partial charge in [-0.3, -0.25) is 4.90 Å². The Labute approximate surface area is 112 Å². The van der Waals surface area contributed by atoms with Crippen LogP contribution in [-0.4, -0.2) is 29.8 Å². The molecular formula is C15H28N2O. The fourth-order valence-electron chi connectivity index (χ4n) is 2.88. The van der Waals surface area contributed by atoms with E-state index in [1.807, 2.05) is 7.05 Å². The van der Waals surface area contributed by atoms with Crippen molar-refractivity contribution in [2.24, 2.45) is 5.92 Å². The van der Waals surface area contributed by atoms with Crippen molar-refractivity contribution in [1.29, 1.82) is 5.26 Å². The maximum Gasteiger partial charge on any atom is 0.110 e. The van der Waals surface area contributed by atoms with E-state index in [4.69, 9.17) is 5.26 Å². The highest BCUT2D eigenvalue weighted by Crippen LogP contribution is 2.24. The molecule has 0 bridgehead atoms. The molecule has 0 heterocycles. The van der Waals surface area contributed by atoms with Crippen molar-refractivity contribution >= 4 is 0 Å². The Morgan fingerprint density at radius 3 is 1.94 bits per heavy atom. The number of hydrogen-bond acceptors (Lipinski definition) is 3. The molecule has 3 nitrogen and oxygen atoms in total. The van der Waals surface area contributed by atoms with E-state index in [0.717, 1.165) is 12.8 Å². The molecule has 1 fully saturated rings. The third-order valence-corrected chi connectivity index (χ3v) is 4.09. The Kier molecular flexibility index (Phi) is 8.04. The van der Waals surface area contributed by atoms with E-state index >= 15 is 0 Å². The SMILES string of the molecule is CN(CC#N)C(O)C1CCCCCCCCCC1. The van der Waals surface area contributed by atoms with Crippen LogP contribution < -0.4 is 0 Å². The molecule has 1 atom stereocenters. The summed E-state index contributed by atoms with van der Waals surface area (Å²) >= 11 is 0. The van der Waals surface area contributed by atoms with Gasteiger partial charge < -0.3 is 5.11 Å². The Morgan fingerprint density at radius 2 is 1.50 bits per heavy atom. The van der Waals surface area contributed by atoms with Gasteiger partial charge in [-0.2, -0.15) is 5.26 Å². The predicted molar refractivity (Wildman–Crippen MR) is 73.9 cm³/mol. The highest BCUT2D eigenvalue weighted by molar-refractivity contribution is 4.78. The van der Waals surface area contributed by atoms with Gasteiger partial charge in [-0.1, -0.05) is 51.4 Å². The van der Waals surface area contributed by atoms with Gasteiger partial charge in [-0.15, -0.1) is 0 Å². The van der Waals surface area contributed by atoms with Crippen molar-refractivity contribution in [1.82, 2.24) is 4.90 Å². The van der Waals surface area contributed by atoms with Crippen LogP contribution in [0.3, 0.4) is 0 Å². The summed E-state index contributed by atoms with van der Waals surface area (Å²) in [6.07, 6.45) is 12.3. The first-order valence-electron chi connectivity index (χ1n) is 7.51. The van der Waals surface area contributed by atoms with Crippen molar-refractivity contribution in [2.45, 2.75) is 70.4 Å². The molecule has 18 heavy (non-hydrogen) atoms. The number of rotatable bonds is 3. The zero-order chi connectivity index (χ0) is 13.2. The summed E-state index contributed by atoms with van der Waals surface area (Å²) < 4.78 is 0. The molecule has 1 aliphatic rings. The molecule has 1 N–H and O–H groups in total. The second-order valence-corrected chi connectivity index (χ2v) is 5.65. The average molecular weight is 252 g/mol. The lowest BCUT2D eigenvalue weighted by Gasteiger charge is -2.29. The Hall–Kier alpha value is -0.590. The lowest BCUT2D eigenvalue weighted by Crippen LogP contribution is -2.38. The summed E-state index contributed by atoms with van der Waals surface area (Å²) in [5, 5.41) is 19.0. The van der Waals surface area contributed by atoms with E-state index in [9.17, 15) is 5.11 Å². The number of aliphatic hydroxyl groups excluding tert-OH is 1. The van der Waals surface area contributed by atoms with Gasteiger partial charge in [-0.05, 0) is 25.8 Å². The predicted octanol–water partition coefficient (Wildman–Crippen LogP) is 3.29. The van der Waals surface area contributed by atoms with Crippen LogP contribution in [0.5, 0.6) is 0 Å². The van der Waals surface area contributed by atoms with Crippen LogP contribution in [-0.2, 0) is 0 Å². The lowest BCUT2D eigenvalue weighted by atomic mass is 9.93. The first-order chi connectivity index (χ1) is 8.75. The zero-order valence-electron chi connectivity index (χ0n) is 11.8. The van der Waals surface area contributed by atoms with Crippen LogP contribution in [0, 0.1) is 17.2 Å². The van der Waals surface area contributed by atoms with E-state index in [2.05, 4.69) is 6.07 Å². The van der Waals surface area contributed by atoms with Gasteiger partial charge in [0.1, 0.15) is 6.23 Å². The number of nitriles is 1. The maximum absolute atomic E-state index is 10.3. The second kappa shape index (κ2) is 9.35. The lowest BCUT2D eigenvalue weighted by molar-refractivity contribution is -0.0248. The normalized spacial score (nSPS) is 22.1. The van der Waals surface area contributed by atoms with E-state index < -0.39 is 6.23 Å². The molecule has 1 rings (SSSR count). The number of hydrogen-bond donors (Lipinski definition) is 1. The largest absolute Gasteiger partial charge is 0.378 e. The van der Waals surface area contributed by atoms with Crippen molar-refractivity contribution in [3.8, 4) is 6.07 Å². The van der Waals surface area contributed by atoms with Gasteiger partial charge in [0.25, 0.3) is 0 Å². The molecular weight excluding hydrogens is 224 g/mol. The maximum atomic E-state index is 10.3. The minimum Gasteiger partial charge on any atom is -0.378 e. The second-order valence-electron chi connectivity index (χ2n) is 5.65. The van der Waals surface area contributed by atoms with Crippen LogP contribution in [0.25, 0.3) is 0 Å². The molecule has 0 saturated heterocycles. The molecule has 1 saturated carbocycles. The van der Waals surface area contributed by atoms with Crippen molar-refractivity contribution in [3.63, 3.8) is 0 Å². The molecule has 0 spiro atoms. The average Bonchev–Trinajstić information content (AvgIpc) is 2.43. The summed E-state index contributed by atoms with van der Waals surface area (Å²) in [4.78, 5) is 1.78. The zero-order valence-corrected chi connectivity index (χ0v) is 11.8. The van der Waals surface area contributed by atoms with E-state index in [-0.39, 0.29) is 0 Å².